The molecule has 7 heteroatoms. The number of anilines is 1. The number of carbonyl (C=O) groups is 1. The van der Waals surface area contributed by atoms with E-state index in [0.29, 0.717) is 23.9 Å². The van der Waals surface area contributed by atoms with Crippen molar-refractivity contribution in [3.63, 3.8) is 0 Å². The number of carbonyl (C=O) groups excluding carboxylic acids is 1. The highest BCUT2D eigenvalue weighted by Gasteiger charge is 2.43. The van der Waals surface area contributed by atoms with Crippen molar-refractivity contribution >= 4 is 11.7 Å². The molecule has 2 aliphatic heterocycles. The Bertz CT molecular complexity index is 1150. The third kappa shape index (κ3) is 3.83. The van der Waals surface area contributed by atoms with Gasteiger partial charge in [0.25, 0.3) is 5.91 Å². The number of aromatic nitrogens is 3. The summed E-state index contributed by atoms with van der Waals surface area (Å²) in [4.78, 5) is 28.7. The van der Waals surface area contributed by atoms with Crippen molar-refractivity contribution in [2.45, 2.75) is 45.2 Å². The summed E-state index contributed by atoms with van der Waals surface area (Å²) < 4.78 is 14.4. The number of piperidine rings is 2. The van der Waals surface area contributed by atoms with Crippen molar-refractivity contribution in [2.24, 2.45) is 5.92 Å². The fourth-order valence-corrected chi connectivity index (χ4v) is 5.02. The fraction of sp³-hybridized carbons (Fsp3) is 0.360. The minimum Gasteiger partial charge on any atom is -0.363 e. The third-order valence-corrected chi connectivity index (χ3v) is 6.55. The number of hydrogen-bond acceptors (Lipinski definition) is 5. The molecule has 6 nitrogen and oxygen atoms in total. The Kier molecular flexibility index (Phi) is 5.33. The molecule has 1 amide bonds. The van der Waals surface area contributed by atoms with Crippen molar-refractivity contribution in [3.8, 4) is 11.4 Å². The zero-order valence-electron chi connectivity index (χ0n) is 18.3. The van der Waals surface area contributed by atoms with E-state index in [9.17, 15) is 9.18 Å². The second kappa shape index (κ2) is 8.30. The Hall–Kier alpha value is -3.35. The average Bonchev–Trinajstić information content (AvgIpc) is 2.81. The molecule has 164 valence electrons. The Morgan fingerprint density at radius 2 is 1.91 bits per heavy atom. The van der Waals surface area contributed by atoms with E-state index in [1.807, 2.05) is 36.9 Å². The normalized spacial score (nSPS) is 22.1. The van der Waals surface area contributed by atoms with E-state index >= 15 is 0 Å². The van der Waals surface area contributed by atoms with E-state index < -0.39 is 0 Å². The van der Waals surface area contributed by atoms with E-state index in [1.165, 1.54) is 6.07 Å². The van der Waals surface area contributed by atoms with Crippen LogP contribution in [0.15, 0.2) is 48.9 Å². The van der Waals surface area contributed by atoms with E-state index in [4.69, 9.17) is 0 Å². The van der Waals surface area contributed by atoms with E-state index in [-0.39, 0.29) is 29.6 Å². The Balaban J connectivity index is 1.45. The number of benzene rings is 1. The first-order chi connectivity index (χ1) is 15.5. The quantitative estimate of drug-likeness (QED) is 0.663. The Labute approximate surface area is 186 Å². The minimum absolute atomic E-state index is 0.0131. The molecule has 1 saturated carbocycles. The maximum atomic E-state index is 14.4. The van der Waals surface area contributed by atoms with Crippen LogP contribution < -0.4 is 5.32 Å². The predicted molar refractivity (Wildman–Crippen MR) is 121 cm³/mol. The molecule has 0 spiro atoms. The molecule has 2 bridgehead atoms. The monoisotopic (exact) mass is 431 g/mol. The van der Waals surface area contributed by atoms with Gasteiger partial charge in [0.2, 0.25) is 0 Å². The largest absolute Gasteiger partial charge is 0.363 e. The van der Waals surface area contributed by atoms with Crippen LogP contribution in [0.3, 0.4) is 0 Å². The summed E-state index contributed by atoms with van der Waals surface area (Å²) in [5.41, 5.74) is 3.18. The van der Waals surface area contributed by atoms with Gasteiger partial charge in [0.15, 0.2) is 17.5 Å². The number of hydrogen-bond donors (Lipinski definition) is 1. The first-order valence-electron chi connectivity index (χ1n) is 11.1. The summed E-state index contributed by atoms with van der Waals surface area (Å²) >= 11 is 0. The predicted octanol–water partition coefficient (Wildman–Crippen LogP) is 4.40. The summed E-state index contributed by atoms with van der Waals surface area (Å²) in [6, 6.07) is 8.99. The highest BCUT2D eigenvalue weighted by atomic mass is 19.1. The van der Waals surface area contributed by atoms with Crippen molar-refractivity contribution < 1.29 is 9.18 Å². The van der Waals surface area contributed by atoms with Crippen LogP contribution in [0, 0.1) is 25.6 Å². The van der Waals surface area contributed by atoms with Crippen molar-refractivity contribution in [1.82, 2.24) is 19.9 Å². The van der Waals surface area contributed by atoms with Gasteiger partial charge in [0.05, 0.1) is 11.6 Å². The summed E-state index contributed by atoms with van der Waals surface area (Å²) in [5.74, 6) is 0.811. The van der Waals surface area contributed by atoms with Gasteiger partial charge in [-0.2, -0.15) is 0 Å². The number of nitrogens with one attached hydrogen (secondary N) is 1. The van der Waals surface area contributed by atoms with Crippen molar-refractivity contribution in [1.29, 1.82) is 0 Å². The van der Waals surface area contributed by atoms with E-state index in [2.05, 4.69) is 20.3 Å². The molecule has 2 aromatic heterocycles. The van der Waals surface area contributed by atoms with Crippen molar-refractivity contribution in [3.05, 3.63) is 71.4 Å². The first kappa shape index (κ1) is 20.5. The smallest absolute Gasteiger partial charge is 0.254 e. The molecule has 1 aliphatic carbocycles. The number of amides is 1. The molecule has 32 heavy (non-hydrogen) atoms. The fourth-order valence-electron chi connectivity index (χ4n) is 5.02. The molecule has 4 heterocycles. The van der Waals surface area contributed by atoms with E-state index in [0.717, 1.165) is 36.0 Å². The minimum atomic E-state index is -0.355. The van der Waals surface area contributed by atoms with Crippen LogP contribution in [0.1, 0.15) is 40.7 Å². The standard InChI is InChI=1S/C25H26FN5O/c1-15-4-6-18(19(10-15)23-27-8-3-9-28-23)25(32)31-14-17-5-7-22(31)21(12-17)30-24-20(26)11-16(2)13-29-24/h3-4,6,8-11,13,17,21-22H,5,7,12,14H2,1-2H3,(H,29,30). The lowest BCUT2D eigenvalue weighted by molar-refractivity contribution is 0.0282. The van der Waals surface area contributed by atoms with Gasteiger partial charge in [0.1, 0.15) is 0 Å². The average molecular weight is 432 g/mol. The van der Waals surface area contributed by atoms with Crippen LogP contribution in [0.25, 0.3) is 11.4 Å². The molecule has 3 atom stereocenters. The van der Waals surface area contributed by atoms with Crippen LogP contribution in [0.2, 0.25) is 0 Å². The Morgan fingerprint density at radius 3 is 2.66 bits per heavy atom. The maximum Gasteiger partial charge on any atom is 0.254 e. The summed E-state index contributed by atoms with van der Waals surface area (Å²) in [5, 5.41) is 3.29. The van der Waals surface area contributed by atoms with Gasteiger partial charge in [0, 0.05) is 36.7 Å². The molecule has 3 aliphatic rings. The second-order valence-corrected chi connectivity index (χ2v) is 8.92. The lowest BCUT2D eigenvalue weighted by atomic mass is 9.76. The van der Waals surface area contributed by atoms with Gasteiger partial charge >= 0.3 is 0 Å². The summed E-state index contributed by atoms with van der Waals surface area (Å²) in [7, 11) is 0. The highest BCUT2D eigenvalue weighted by molar-refractivity contribution is 6.00. The SMILES string of the molecule is Cc1cnc(NC2CC3CCC2N(C(=O)c2ccc(C)cc2-c2ncccn2)C3)c(F)c1. The number of fused-ring (bicyclic) bond motifs is 3. The molecular weight excluding hydrogens is 405 g/mol. The van der Waals surface area contributed by atoms with Crippen LogP contribution >= 0.6 is 0 Å². The van der Waals surface area contributed by atoms with Gasteiger partial charge in [-0.15, -0.1) is 0 Å². The number of aryl methyl sites for hydroxylation is 2. The molecule has 1 aromatic carbocycles. The third-order valence-electron chi connectivity index (χ3n) is 6.55. The molecule has 0 radical (unpaired) electrons. The first-order valence-corrected chi connectivity index (χ1v) is 11.1. The zero-order chi connectivity index (χ0) is 22.2. The summed E-state index contributed by atoms with van der Waals surface area (Å²) in [6.07, 6.45) is 7.92. The molecule has 3 aromatic rings. The van der Waals surface area contributed by atoms with Gasteiger partial charge in [-0.25, -0.2) is 19.3 Å². The topological polar surface area (TPSA) is 71.0 Å². The molecular formula is C25H26FN5O. The highest BCUT2D eigenvalue weighted by Crippen LogP contribution is 2.38. The zero-order valence-corrected chi connectivity index (χ0v) is 18.3. The summed E-state index contributed by atoms with van der Waals surface area (Å²) in [6.45, 7) is 4.53. The number of nitrogens with zero attached hydrogens (tertiary/aromatic N) is 4. The van der Waals surface area contributed by atoms with Gasteiger partial charge < -0.3 is 10.2 Å². The van der Waals surface area contributed by atoms with Crippen LogP contribution in [0.4, 0.5) is 10.2 Å². The molecule has 2 saturated heterocycles. The van der Waals surface area contributed by atoms with Crippen LogP contribution in [0.5, 0.6) is 0 Å². The van der Waals surface area contributed by atoms with Gasteiger partial charge in [-0.05, 0) is 68.9 Å². The second-order valence-electron chi connectivity index (χ2n) is 8.92. The number of pyridine rings is 1. The molecule has 6 rings (SSSR count). The van der Waals surface area contributed by atoms with Gasteiger partial charge in [-0.1, -0.05) is 11.6 Å². The van der Waals surface area contributed by atoms with Gasteiger partial charge in [-0.3, -0.25) is 4.79 Å². The lowest BCUT2D eigenvalue weighted by Crippen LogP contribution is -2.59. The molecule has 1 N–H and O–H groups in total. The molecule has 3 fully saturated rings. The number of rotatable bonds is 4. The van der Waals surface area contributed by atoms with E-state index in [1.54, 1.807) is 24.7 Å². The van der Waals surface area contributed by atoms with Crippen LogP contribution in [-0.4, -0.2) is 44.4 Å². The molecule has 3 unspecified atom stereocenters. The van der Waals surface area contributed by atoms with Crippen LogP contribution in [-0.2, 0) is 0 Å². The van der Waals surface area contributed by atoms with Crippen molar-refractivity contribution in [2.75, 3.05) is 11.9 Å². The lowest BCUT2D eigenvalue weighted by Gasteiger charge is -2.50. The number of halogens is 1. The maximum absolute atomic E-state index is 14.4. The Morgan fingerprint density at radius 1 is 1.09 bits per heavy atom.